The maximum Gasteiger partial charge on any atom is 0.194 e. The first-order chi connectivity index (χ1) is 10.2. The van der Waals surface area contributed by atoms with Crippen molar-refractivity contribution in [2.75, 3.05) is 33.4 Å². The largest absolute Gasteiger partial charge is 0.379 e. The van der Waals surface area contributed by atoms with Crippen molar-refractivity contribution >= 4 is 5.96 Å². The normalized spacial score (nSPS) is 15.3. The Hall–Kier alpha value is -1.63. The van der Waals surface area contributed by atoms with Gasteiger partial charge in [0.2, 0.25) is 0 Å². The van der Waals surface area contributed by atoms with Crippen molar-refractivity contribution in [2.24, 2.45) is 18.0 Å². The fourth-order valence-corrected chi connectivity index (χ4v) is 1.92. The summed E-state index contributed by atoms with van der Waals surface area (Å²) in [6, 6.07) is 0. The van der Waals surface area contributed by atoms with Crippen molar-refractivity contribution in [1.29, 1.82) is 0 Å². The van der Waals surface area contributed by atoms with Crippen LogP contribution in [0.5, 0.6) is 0 Å². The zero-order valence-electron chi connectivity index (χ0n) is 13.2. The van der Waals surface area contributed by atoms with Crippen LogP contribution < -0.4 is 5.32 Å². The van der Waals surface area contributed by atoms with Crippen LogP contribution in [0.1, 0.15) is 25.6 Å². The van der Waals surface area contributed by atoms with Gasteiger partial charge in [-0.15, -0.1) is 0 Å². The highest BCUT2D eigenvalue weighted by atomic mass is 16.5. The van der Waals surface area contributed by atoms with Gasteiger partial charge in [0.1, 0.15) is 18.7 Å². The predicted molar refractivity (Wildman–Crippen MR) is 82.0 cm³/mol. The van der Waals surface area contributed by atoms with Crippen molar-refractivity contribution in [2.45, 2.75) is 26.3 Å². The first-order valence-corrected chi connectivity index (χ1v) is 7.60. The zero-order chi connectivity index (χ0) is 15.1. The average Bonchev–Trinajstić information content (AvgIpc) is 3.21. The van der Waals surface area contributed by atoms with Crippen molar-refractivity contribution in [3.05, 3.63) is 12.2 Å². The summed E-state index contributed by atoms with van der Waals surface area (Å²) in [7, 11) is 3.90. The Kier molecular flexibility index (Phi) is 5.98. The van der Waals surface area contributed by atoms with Crippen LogP contribution in [-0.2, 0) is 18.3 Å². The minimum Gasteiger partial charge on any atom is -0.379 e. The molecule has 0 amide bonds. The molecule has 1 fully saturated rings. The van der Waals surface area contributed by atoms with Gasteiger partial charge in [0.05, 0.1) is 6.61 Å². The number of nitrogens with zero attached hydrogens (tertiary/aromatic N) is 5. The van der Waals surface area contributed by atoms with Gasteiger partial charge in [-0.1, -0.05) is 0 Å². The van der Waals surface area contributed by atoms with Crippen LogP contribution in [0.25, 0.3) is 0 Å². The highest BCUT2D eigenvalue weighted by Crippen LogP contribution is 2.28. The van der Waals surface area contributed by atoms with Gasteiger partial charge in [0, 0.05) is 33.8 Å². The monoisotopic (exact) mass is 294 g/mol. The lowest BCUT2D eigenvalue weighted by molar-refractivity contribution is 0.115. The molecule has 0 radical (unpaired) electrons. The molecule has 0 spiro atoms. The number of aryl methyl sites for hydroxylation is 1. The fourth-order valence-electron chi connectivity index (χ4n) is 1.92. The molecule has 0 aromatic carbocycles. The van der Waals surface area contributed by atoms with Crippen molar-refractivity contribution in [1.82, 2.24) is 25.0 Å². The molecular formula is C14H26N6O. The van der Waals surface area contributed by atoms with Gasteiger partial charge in [0.25, 0.3) is 0 Å². The Morgan fingerprint density at radius 1 is 1.57 bits per heavy atom. The van der Waals surface area contributed by atoms with Crippen LogP contribution in [-0.4, -0.2) is 59.0 Å². The number of likely N-dealkylation sites (N-methyl/N-ethyl adjacent to an activating group) is 1. The minimum absolute atomic E-state index is 0.520. The summed E-state index contributed by atoms with van der Waals surface area (Å²) in [6.45, 7) is 5.89. The van der Waals surface area contributed by atoms with Crippen LogP contribution in [0.2, 0.25) is 0 Å². The summed E-state index contributed by atoms with van der Waals surface area (Å²) >= 11 is 0. The van der Waals surface area contributed by atoms with Crippen LogP contribution in [0, 0.1) is 5.92 Å². The smallest absolute Gasteiger partial charge is 0.194 e. The number of ether oxygens (including phenoxy) is 1. The van der Waals surface area contributed by atoms with Crippen LogP contribution >= 0.6 is 0 Å². The third-order valence-electron chi connectivity index (χ3n) is 3.49. The maximum absolute atomic E-state index is 5.68. The molecule has 1 saturated carbocycles. The second-order valence-electron chi connectivity index (χ2n) is 5.41. The van der Waals surface area contributed by atoms with E-state index in [-0.39, 0.29) is 0 Å². The SMILES string of the molecule is CCNC(=NCc1ncnn1C)N(C)CCOCC1CC1. The molecule has 1 aromatic heterocycles. The van der Waals surface area contributed by atoms with Gasteiger partial charge >= 0.3 is 0 Å². The van der Waals surface area contributed by atoms with E-state index < -0.39 is 0 Å². The van der Waals surface area contributed by atoms with Crippen LogP contribution in [0.4, 0.5) is 0 Å². The third kappa shape index (κ3) is 5.34. The number of rotatable bonds is 8. The lowest BCUT2D eigenvalue weighted by atomic mass is 10.5. The highest BCUT2D eigenvalue weighted by Gasteiger charge is 2.21. The quantitative estimate of drug-likeness (QED) is 0.433. The molecule has 118 valence electrons. The Labute approximate surface area is 126 Å². The van der Waals surface area contributed by atoms with E-state index in [9.17, 15) is 0 Å². The van der Waals surface area contributed by atoms with Gasteiger partial charge < -0.3 is 15.0 Å². The number of aliphatic imine (C=N–C) groups is 1. The molecule has 0 atom stereocenters. The molecule has 0 bridgehead atoms. The summed E-state index contributed by atoms with van der Waals surface area (Å²) in [5, 5.41) is 7.34. The van der Waals surface area contributed by atoms with E-state index in [0.29, 0.717) is 6.54 Å². The molecule has 0 saturated heterocycles. The van der Waals surface area contributed by atoms with Gasteiger partial charge in [-0.25, -0.2) is 9.98 Å². The number of guanidine groups is 1. The van der Waals surface area contributed by atoms with E-state index in [1.54, 1.807) is 11.0 Å². The molecule has 7 nitrogen and oxygen atoms in total. The second kappa shape index (κ2) is 7.97. The molecule has 1 aromatic rings. The first-order valence-electron chi connectivity index (χ1n) is 7.60. The van der Waals surface area contributed by atoms with Gasteiger partial charge in [0.15, 0.2) is 5.96 Å². The molecule has 2 rings (SSSR count). The van der Waals surface area contributed by atoms with E-state index in [2.05, 4.69) is 32.2 Å². The number of hydrogen-bond donors (Lipinski definition) is 1. The van der Waals surface area contributed by atoms with Gasteiger partial charge in [-0.2, -0.15) is 5.10 Å². The summed E-state index contributed by atoms with van der Waals surface area (Å²) in [6.07, 6.45) is 4.21. The summed E-state index contributed by atoms with van der Waals surface area (Å²) < 4.78 is 7.42. The molecular weight excluding hydrogens is 268 g/mol. The molecule has 1 heterocycles. The third-order valence-corrected chi connectivity index (χ3v) is 3.49. The molecule has 7 heteroatoms. The highest BCUT2D eigenvalue weighted by molar-refractivity contribution is 5.79. The lowest BCUT2D eigenvalue weighted by Crippen LogP contribution is -2.40. The minimum atomic E-state index is 0.520. The summed E-state index contributed by atoms with van der Waals surface area (Å²) in [5.41, 5.74) is 0. The Morgan fingerprint density at radius 3 is 3.00 bits per heavy atom. The van der Waals surface area contributed by atoms with Crippen molar-refractivity contribution < 1.29 is 4.74 Å². The Bertz CT molecular complexity index is 454. The maximum atomic E-state index is 5.68. The number of hydrogen-bond acceptors (Lipinski definition) is 4. The molecule has 1 aliphatic carbocycles. The number of aromatic nitrogens is 3. The fraction of sp³-hybridized carbons (Fsp3) is 0.786. The van der Waals surface area contributed by atoms with Gasteiger partial charge in [-0.3, -0.25) is 4.68 Å². The van der Waals surface area contributed by atoms with E-state index in [1.165, 1.54) is 12.8 Å². The Morgan fingerprint density at radius 2 is 2.38 bits per heavy atom. The summed E-state index contributed by atoms with van der Waals surface area (Å²) in [5.74, 6) is 2.53. The van der Waals surface area contributed by atoms with E-state index in [0.717, 1.165) is 44.0 Å². The molecule has 1 aliphatic rings. The van der Waals surface area contributed by atoms with E-state index in [1.807, 2.05) is 14.1 Å². The predicted octanol–water partition coefficient (Wildman–Crippen LogP) is 0.639. The Balaban J connectivity index is 1.79. The molecule has 0 aliphatic heterocycles. The van der Waals surface area contributed by atoms with Crippen molar-refractivity contribution in [3.63, 3.8) is 0 Å². The van der Waals surface area contributed by atoms with Gasteiger partial charge in [-0.05, 0) is 25.7 Å². The molecule has 0 unspecified atom stereocenters. The zero-order valence-corrected chi connectivity index (χ0v) is 13.2. The standard InChI is InChI=1S/C14H26N6O/c1-4-15-14(16-9-13-17-11-18-20(13)3)19(2)7-8-21-10-12-5-6-12/h11-12H,4-10H2,1-3H3,(H,15,16). The van der Waals surface area contributed by atoms with E-state index in [4.69, 9.17) is 4.74 Å². The first kappa shape index (κ1) is 15.8. The average molecular weight is 294 g/mol. The lowest BCUT2D eigenvalue weighted by Gasteiger charge is -2.21. The topological polar surface area (TPSA) is 67.6 Å². The van der Waals surface area contributed by atoms with Crippen LogP contribution in [0.3, 0.4) is 0 Å². The van der Waals surface area contributed by atoms with Crippen molar-refractivity contribution in [3.8, 4) is 0 Å². The second-order valence-corrected chi connectivity index (χ2v) is 5.41. The molecule has 1 N–H and O–H groups in total. The summed E-state index contributed by atoms with van der Waals surface area (Å²) in [4.78, 5) is 10.9. The van der Waals surface area contributed by atoms with Crippen LogP contribution in [0.15, 0.2) is 11.3 Å². The molecule has 21 heavy (non-hydrogen) atoms. The van der Waals surface area contributed by atoms with E-state index >= 15 is 0 Å². The number of nitrogens with one attached hydrogen (secondary N) is 1.